The molecule has 0 fully saturated rings. The van der Waals surface area contributed by atoms with Gasteiger partial charge in [0.25, 0.3) is 0 Å². The van der Waals surface area contributed by atoms with Gasteiger partial charge < -0.3 is 15.4 Å². The lowest BCUT2D eigenvalue weighted by Crippen LogP contribution is -2.42. The van der Waals surface area contributed by atoms with Gasteiger partial charge in [0.2, 0.25) is 11.8 Å². The average Bonchev–Trinajstić information content (AvgIpc) is 2.81. The van der Waals surface area contributed by atoms with Crippen LogP contribution in [0.25, 0.3) is 0 Å². The molecule has 2 N–H and O–H groups in total. The third-order valence-electron chi connectivity index (χ3n) is 4.63. The van der Waals surface area contributed by atoms with E-state index in [1.165, 1.54) is 6.07 Å². The van der Waals surface area contributed by atoms with Crippen LogP contribution >= 0.6 is 0 Å². The molecule has 1 aliphatic heterocycles. The highest BCUT2D eigenvalue weighted by Crippen LogP contribution is 2.36. The topological polar surface area (TPSA) is 72.6 Å². The van der Waals surface area contributed by atoms with E-state index in [0.29, 0.717) is 0 Å². The predicted octanol–water partition coefficient (Wildman–Crippen LogP) is 3.43. The predicted molar refractivity (Wildman–Crippen MR) is 99.6 cm³/mol. The zero-order valence-corrected chi connectivity index (χ0v) is 15.7. The minimum atomic E-state index is -0.730. The molecular weight excluding hydrogens is 347 g/mol. The molecule has 1 atom stereocenters. The molecule has 0 aliphatic carbocycles. The van der Waals surface area contributed by atoms with Gasteiger partial charge >= 0.3 is 0 Å². The molecule has 0 saturated heterocycles. The third kappa shape index (κ3) is 3.79. The standard InChI is InChI=1S/C21H23FN2O3/c1-21(2,3)20(26)24-11-15-16(22)9-14(19(23)25)10-18(15)27-12-17(24)13-7-5-4-6-8-13/h4-10,17H,11-12H2,1-3H3,(H2,23,25)/t17-/m1/s1. The first kappa shape index (κ1) is 18.9. The van der Waals surface area contributed by atoms with Gasteiger partial charge in [-0.2, -0.15) is 0 Å². The van der Waals surface area contributed by atoms with Crippen LogP contribution in [0.4, 0.5) is 4.39 Å². The number of carbonyl (C=O) groups is 2. The summed E-state index contributed by atoms with van der Waals surface area (Å²) >= 11 is 0. The van der Waals surface area contributed by atoms with Gasteiger partial charge in [-0.3, -0.25) is 9.59 Å². The number of hydrogen-bond acceptors (Lipinski definition) is 3. The first-order valence-electron chi connectivity index (χ1n) is 8.79. The summed E-state index contributed by atoms with van der Waals surface area (Å²) in [5.41, 5.74) is 5.83. The normalized spacial score (nSPS) is 16.9. The molecule has 0 aromatic heterocycles. The SMILES string of the molecule is CC(C)(C)C(=O)N1Cc2c(F)cc(C(N)=O)cc2OC[C@@H]1c1ccccc1. The van der Waals surface area contributed by atoms with Gasteiger partial charge in [0.15, 0.2) is 0 Å². The molecule has 1 aliphatic rings. The van der Waals surface area contributed by atoms with Gasteiger partial charge in [-0.25, -0.2) is 4.39 Å². The second-order valence-corrected chi connectivity index (χ2v) is 7.72. The first-order chi connectivity index (χ1) is 12.7. The highest BCUT2D eigenvalue weighted by molar-refractivity contribution is 5.93. The van der Waals surface area contributed by atoms with Crippen LogP contribution in [0.3, 0.4) is 0 Å². The van der Waals surface area contributed by atoms with Crippen LogP contribution in [0.2, 0.25) is 0 Å². The number of hydrogen-bond donors (Lipinski definition) is 1. The number of fused-ring (bicyclic) bond motifs is 1. The minimum Gasteiger partial charge on any atom is -0.491 e. The van der Waals surface area contributed by atoms with Crippen molar-refractivity contribution in [2.45, 2.75) is 33.4 Å². The van der Waals surface area contributed by atoms with E-state index < -0.39 is 17.1 Å². The number of nitrogens with two attached hydrogens (primary N) is 1. The van der Waals surface area contributed by atoms with Crippen LogP contribution in [0.5, 0.6) is 5.75 Å². The Labute approximate surface area is 157 Å². The maximum Gasteiger partial charge on any atom is 0.248 e. The quantitative estimate of drug-likeness (QED) is 0.880. The van der Waals surface area contributed by atoms with Gasteiger partial charge in [-0.1, -0.05) is 51.1 Å². The summed E-state index contributed by atoms with van der Waals surface area (Å²) in [6.07, 6.45) is 0. The lowest BCUT2D eigenvalue weighted by molar-refractivity contribution is -0.143. The summed E-state index contributed by atoms with van der Waals surface area (Å²) in [5, 5.41) is 0. The van der Waals surface area contributed by atoms with Crippen molar-refractivity contribution in [1.29, 1.82) is 0 Å². The van der Waals surface area contributed by atoms with Crippen molar-refractivity contribution >= 4 is 11.8 Å². The molecule has 142 valence electrons. The second kappa shape index (κ2) is 7.02. The van der Waals surface area contributed by atoms with Crippen molar-refractivity contribution in [2.75, 3.05) is 6.61 Å². The number of rotatable bonds is 2. The number of halogens is 1. The van der Waals surface area contributed by atoms with Crippen LogP contribution in [0, 0.1) is 11.2 Å². The third-order valence-corrected chi connectivity index (χ3v) is 4.63. The molecule has 2 aromatic rings. The minimum absolute atomic E-state index is 0.0399. The summed E-state index contributed by atoms with van der Waals surface area (Å²) in [6.45, 7) is 5.69. The zero-order valence-electron chi connectivity index (χ0n) is 15.7. The molecule has 2 amide bonds. The van der Waals surface area contributed by atoms with Crippen molar-refractivity contribution in [3.8, 4) is 5.75 Å². The smallest absolute Gasteiger partial charge is 0.248 e. The largest absolute Gasteiger partial charge is 0.491 e. The van der Waals surface area contributed by atoms with E-state index >= 15 is 0 Å². The van der Waals surface area contributed by atoms with Crippen LogP contribution < -0.4 is 10.5 Å². The van der Waals surface area contributed by atoms with E-state index in [-0.39, 0.29) is 42.0 Å². The lowest BCUT2D eigenvalue weighted by Gasteiger charge is -2.34. The van der Waals surface area contributed by atoms with Crippen molar-refractivity contribution in [2.24, 2.45) is 11.1 Å². The average molecular weight is 370 g/mol. The molecule has 2 aromatic carbocycles. The Balaban J connectivity index is 2.09. The maximum absolute atomic E-state index is 14.7. The number of nitrogens with zero attached hydrogens (tertiary/aromatic N) is 1. The van der Waals surface area contributed by atoms with Crippen molar-refractivity contribution in [3.05, 3.63) is 65.0 Å². The molecule has 5 nitrogen and oxygen atoms in total. The number of carbonyl (C=O) groups excluding carboxylic acids is 2. The Morgan fingerprint density at radius 1 is 1.19 bits per heavy atom. The molecule has 0 bridgehead atoms. The second-order valence-electron chi connectivity index (χ2n) is 7.72. The van der Waals surface area contributed by atoms with E-state index in [9.17, 15) is 14.0 Å². The Morgan fingerprint density at radius 3 is 2.44 bits per heavy atom. The molecule has 27 heavy (non-hydrogen) atoms. The number of ether oxygens (including phenoxy) is 1. The Hall–Kier alpha value is -2.89. The van der Waals surface area contributed by atoms with Gasteiger partial charge in [0.05, 0.1) is 12.6 Å². The van der Waals surface area contributed by atoms with Gasteiger partial charge in [0.1, 0.15) is 18.2 Å². The fourth-order valence-corrected chi connectivity index (χ4v) is 3.17. The number of amides is 2. The summed E-state index contributed by atoms with van der Waals surface area (Å²) in [6, 6.07) is 11.7. The summed E-state index contributed by atoms with van der Waals surface area (Å²) in [5.74, 6) is -1.20. The van der Waals surface area contributed by atoms with Crippen molar-refractivity contribution < 1.29 is 18.7 Å². The zero-order chi connectivity index (χ0) is 19.8. The monoisotopic (exact) mass is 370 g/mol. The van der Waals surface area contributed by atoms with E-state index in [4.69, 9.17) is 10.5 Å². The van der Waals surface area contributed by atoms with Crippen molar-refractivity contribution in [1.82, 2.24) is 4.90 Å². The molecule has 0 saturated carbocycles. The van der Waals surface area contributed by atoms with Gasteiger partial charge in [0, 0.05) is 16.5 Å². The van der Waals surface area contributed by atoms with Crippen LogP contribution in [0.15, 0.2) is 42.5 Å². The lowest BCUT2D eigenvalue weighted by atomic mass is 9.92. The van der Waals surface area contributed by atoms with E-state index in [1.54, 1.807) is 4.90 Å². The highest BCUT2D eigenvalue weighted by atomic mass is 19.1. The maximum atomic E-state index is 14.7. The Bertz CT molecular complexity index is 875. The molecular formula is C21H23FN2O3. The van der Waals surface area contributed by atoms with Crippen LogP contribution in [0.1, 0.15) is 48.3 Å². The molecule has 6 heteroatoms. The highest BCUT2D eigenvalue weighted by Gasteiger charge is 2.36. The van der Waals surface area contributed by atoms with E-state index in [0.717, 1.165) is 11.6 Å². The van der Waals surface area contributed by atoms with Gasteiger partial charge in [-0.05, 0) is 17.7 Å². The molecule has 3 rings (SSSR count). The van der Waals surface area contributed by atoms with Crippen molar-refractivity contribution in [3.63, 3.8) is 0 Å². The Morgan fingerprint density at radius 2 is 1.85 bits per heavy atom. The first-order valence-corrected chi connectivity index (χ1v) is 8.79. The van der Waals surface area contributed by atoms with Crippen LogP contribution in [-0.2, 0) is 11.3 Å². The summed E-state index contributed by atoms with van der Waals surface area (Å²) < 4.78 is 20.5. The summed E-state index contributed by atoms with van der Waals surface area (Å²) in [4.78, 5) is 26.2. The van der Waals surface area contributed by atoms with Crippen LogP contribution in [-0.4, -0.2) is 23.3 Å². The fraction of sp³-hybridized carbons (Fsp3) is 0.333. The summed E-state index contributed by atoms with van der Waals surface area (Å²) in [7, 11) is 0. The Kier molecular flexibility index (Phi) is 4.91. The fourth-order valence-electron chi connectivity index (χ4n) is 3.17. The molecule has 0 radical (unpaired) electrons. The number of primary amides is 1. The van der Waals surface area contributed by atoms with E-state index in [2.05, 4.69) is 0 Å². The number of benzene rings is 2. The van der Waals surface area contributed by atoms with E-state index in [1.807, 2.05) is 51.1 Å². The molecule has 0 unspecified atom stereocenters. The molecule has 1 heterocycles. The van der Waals surface area contributed by atoms with Gasteiger partial charge in [-0.15, -0.1) is 0 Å². The molecule has 0 spiro atoms.